The van der Waals surface area contributed by atoms with E-state index in [1.165, 1.54) is 0 Å². The normalized spacial score (nSPS) is 12.8. The molecule has 0 fully saturated rings. The van der Waals surface area contributed by atoms with E-state index in [1.54, 1.807) is 0 Å². The van der Waals surface area contributed by atoms with E-state index in [1.807, 2.05) is 0 Å². The summed E-state index contributed by atoms with van der Waals surface area (Å²) in [7, 11) is 0. The molecule has 6 nitrogen and oxygen atoms in total. The smallest absolute Gasteiger partial charge is 0.401 e. The maximum absolute atomic E-state index is 13.4. The summed E-state index contributed by atoms with van der Waals surface area (Å²) in [6.07, 6.45) is -4.80. The molecular weight excluding hydrogens is 286 g/mol. The fourth-order valence-corrected chi connectivity index (χ4v) is 1.25. The molecule has 110 valence electrons. The first kappa shape index (κ1) is 15.7. The molecule has 3 N–H and O–H groups in total. The summed E-state index contributed by atoms with van der Waals surface area (Å²) < 4.78 is 55.3. The van der Waals surface area contributed by atoms with Crippen molar-refractivity contribution in [1.29, 1.82) is 5.41 Å². The van der Waals surface area contributed by atoms with Crippen molar-refractivity contribution in [2.75, 3.05) is 6.61 Å². The number of amidine groups is 1. The van der Waals surface area contributed by atoms with Crippen molar-refractivity contribution in [2.45, 2.75) is 6.18 Å². The summed E-state index contributed by atoms with van der Waals surface area (Å²) >= 11 is 0. The highest BCUT2D eigenvalue weighted by Gasteiger charge is 2.42. The molecule has 0 heterocycles. The van der Waals surface area contributed by atoms with Gasteiger partial charge in [-0.15, -0.1) is 0 Å². The highest BCUT2D eigenvalue weighted by Crippen LogP contribution is 2.28. The number of rotatable bonds is 5. The van der Waals surface area contributed by atoms with Crippen LogP contribution in [-0.4, -0.2) is 23.5 Å². The molecule has 0 radical (unpaired) electrons. The highest BCUT2D eigenvalue weighted by molar-refractivity contribution is 5.80. The Labute approximate surface area is 109 Å². The third kappa shape index (κ3) is 3.80. The summed E-state index contributed by atoms with van der Waals surface area (Å²) in [5, 5.41) is 17.2. The van der Waals surface area contributed by atoms with Gasteiger partial charge < -0.3 is 10.5 Å². The van der Waals surface area contributed by atoms with Gasteiger partial charge in [0.15, 0.2) is 11.6 Å². The number of hydrogen-bond acceptors (Lipinski definition) is 4. The van der Waals surface area contributed by atoms with Crippen LogP contribution < -0.4 is 10.5 Å². The van der Waals surface area contributed by atoms with Gasteiger partial charge in [-0.05, 0) is 6.07 Å². The maximum Gasteiger partial charge on any atom is 0.401 e. The minimum absolute atomic E-state index is 0.520. The number of halogens is 4. The van der Waals surface area contributed by atoms with Gasteiger partial charge in [-0.2, -0.15) is 13.2 Å². The molecule has 10 heteroatoms. The van der Waals surface area contributed by atoms with Crippen molar-refractivity contribution < 1.29 is 27.2 Å². The van der Waals surface area contributed by atoms with Crippen LogP contribution >= 0.6 is 0 Å². The van der Waals surface area contributed by atoms with Crippen LogP contribution in [0.15, 0.2) is 18.2 Å². The number of nitro groups is 1. The van der Waals surface area contributed by atoms with Crippen molar-refractivity contribution in [2.24, 2.45) is 11.7 Å². The van der Waals surface area contributed by atoms with Crippen LogP contribution in [0.2, 0.25) is 0 Å². The molecule has 1 aromatic rings. The number of nitrogens with zero attached hydrogens (tertiary/aromatic N) is 1. The van der Waals surface area contributed by atoms with Gasteiger partial charge >= 0.3 is 6.18 Å². The number of nitrogens with two attached hydrogens (primary N) is 1. The van der Waals surface area contributed by atoms with E-state index >= 15 is 0 Å². The molecule has 0 saturated carbocycles. The fourth-order valence-electron chi connectivity index (χ4n) is 1.25. The third-order valence-electron chi connectivity index (χ3n) is 2.30. The Morgan fingerprint density at radius 3 is 2.50 bits per heavy atom. The number of hydrogen-bond donors (Lipinski definition) is 2. The lowest BCUT2D eigenvalue weighted by atomic mass is 10.1. The molecule has 0 saturated heterocycles. The molecule has 1 aromatic carbocycles. The monoisotopic (exact) mass is 295 g/mol. The first-order chi connectivity index (χ1) is 9.12. The van der Waals surface area contributed by atoms with Gasteiger partial charge in [0.25, 0.3) is 5.69 Å². The Hall–Kier alpha value is -2.39. The maximum atomic E-state index is 13.4. The zero-order chi connectivity index (χ0) is 15.5. The lowest BCUT2D eigenvalue weighted by molar-refractivity contribution is -0.385. The molecule has 1 unspecified atom stereocenters. The van der Waals surface area contributed by atoms with E-state index in [2.05, 4.69) is 4.74 Å². The molecule has 1 atom stereocenters. The molecule has 0 bridgehead atoms. The SMILES string of the molecule is N=C(N)C(COc1ccc([N+](=O)[O-])cc1F)C(F)(F)F. The van der Waals surface area contributed by atoms with E-state index in [0.29, 0.717) is 6.07 Å². The van der Waals surface area contributed by atoms with Crippen LogP contribution in [0.4, 0.5) is 23.2 Å². The molecule has 0 amide bonds. The number of non-ortho nitro benzene ring substituents is 1. The van der Waals surface area contributed by atoms with Crippen LogP contribution in [0.1, 0.15) is 0 Å². The second-order valence-electron chi connectivity index (χ2n) is 3.73. The summed E-state index contributed by atoms with van der Waals surface area (Å²) in [4.78, 5) is 9.50. The molecule has 20 heavy (non-hydrogen) atoms. The predicted molar refractivity (Wildman–Crippen MR) is 60.0 cm³/mol. The van der Waals surface area contributed by atoms with Gasteiger partial charge in [0.2, 0.25) is 0 Å². The number of benzene rings is 1. The van der Waals surface area contributed by atoms with Gasteiger partial charge in [-0.3, -0.25) is 15.5 Å². The molecule has 0 aliphatic heterocycles. The minimum atomic E-state index is -4.80. The van der Waals surface area contributed by atoms with Crippen LogP contribution in [0, 0.1) is 27.3 Å². The quantitative estimate of drug-likeness (QED) is 0.286. The standard InChI is InChI=1S/C10H9F4N3O3/c11-7-3-5(17(18)19)1-2-8(7)20-4-6(9(15)16)10(12,13)14/h1-3,6H,4H2,(H3,15,16). The Bertz CT molecular complexity index is 533. The van der Waals surface area contributed by atoms with Crippen LogP contribution in [-0.2, 0) is 0 Å². The minimum Gasteiger partial charge on any atom is -0.489 e. The van der Waals surface area contributed by atoms with E-state index in [9.17, 15) is 27.7 Å². The first-order valence-electron chi connectivity index (χ1n) is 5.10. The van der Waals surface area contributed by atoms with E-state index < -0.39 is 46.7 Å². The molecule has 0 aromatic heterocycles. The Morgan fingerprint density at radius 1 is 1.50 bits per heavy atom. The van der Waals surface area contributed by atoms with Gasteiger partial charge in [0.05, 0.1) is 11.0 Å². The number of alkyl halides is 3. The predicted octanol–water partition coefficient (Wildman–Crippen LogP) is 2.23. The number of ether oxygens (including phenoxy) is 1. The highest BCUT2D eigenvalue weighted by atomic mass is 19.4. The fraction of sp³-hybridized carbons (Fsp3) is 0.300. The summed E-state index contributed by atoms with van der Waals surface area (Å²) in [5.41, 5.74) is 4.23. The Morgan fingerprint density at radius 2 is 2.10 bits per heavy atom. The van der Waals surface area contributed by atoms with Crippen molar-refractivity contribution in [3.8, 4) is 5.75 Å². The van der Waals surface area contributed by atoms with Crippen LogP contribution in [0.3, 0.4) is 0 Å². The Balaban J connectivity index is 2.84. The van der Waals surface area contributed by atoms with Gasteiger partial charge in [0.1, 0.15) is 18.4 Å². The van der Waals surface area contributed by atoms with E-state index in [0.717, 1.165) is 12.1 Å². The van der Waals surface area contributed by atoms with Crippen molar-refractivity contribution in [1.82, 2.24) is 0 Å². The molecule has 1 rings (SSSR count). The average Bonchev–Trinajstić information content (AvgIpc) is 2.28. The van der Waals surface area contributed by atoms with Crippen LogP contribution in [0.5, 0.6) is 5.75 Å². The topological polar surface area (TPSA) is 102 Å². The van der Waals surface area contributed by atoms with E-state index in [4.69, 9.17) is 11.1 Å². The second kappa shape index (κ2) is 5.72. The van der Waals surface area contributed by atoms with E-state index in [-0.39, 0.29) is 0 Å². The molecule has 0 aliphatic rings. The zero-order valence-corrected chi connectivity index (χ0v) is 9.78. The number of nitrogens with one attached hydrogen (secondary N) is 1. The van der Waals surface area contributed by atoms with Gasteiger partial charge in [0, 0.05) is 6.07 Å². The van der Waals surface area contributed by atoms with Crippen molar-refractivity contribution in [3.63, 3.8) is 0 Å². The van der Waals surface area contributed by atoms with Crippen molar-refractivity contribution >= 4 is 11.5 Å². The van der Waals surface area contributed by atoms with Gasteiger partial charge in [-0.25, -0.2) is 4.39 Å². The summed E-state index contributed by atoms with van der Waals surface area (Å²) in [6, 6.07) is 2.24. The summed E-state index contributed by atoms with van der Waals surface area (Å²) in [6.45, 7) is -1.09. The largest absolute Gasteiger partial charge is 0.489 e. The van der Waals surface area contributed by atoms with Gasteiger partial charge in [-0.1, -0.05) is 0 Å². The first-order valence-corrected chi connectivity index (χ1v) is 5.10. The van der Waals surface area contributed by atoms with Crippen LogP contribution in [0.25, 0.3) is 0 Å². The molecule has 0 aliphatic carbocycles. The molecule has 0 spiro atoms. The average molecular weight is 295 g/mol. The lowest BCUT2D eigenvalue weighted by Crippen LogP contribution is -2.39. The third-order valence-corrected chi connectivity index (χ3v) is 2.30. The summed E-state index contributed by atoms with van der Waals surface area (Å²) in [5.74, 6) is -5.31. The Kier molecular flexibility index (Phi) is 4.48. The van der Waals surface area contributed by atoms with Crippen molar-refractivity contribution in [3.05, 3.63) is 34.1 Å². The lowest BCUT2D eigenvalue weighted by Gasteiger charge is -2.19. The molecular formula is C10H9F4N3O3. The zero-order valence-electron chi connectivity index (χ0n) is 9.78. The second-order valence-corrected chi connectivity index (χ2v) is 3.73. The number of nitro benzene ring substituents is 1.